The third-order valence-corrected chi connectivity index (χ3v) is 5.77. The van der Waals surface area contributed by atoms with Gasteiger partial charge in [0.15, 0.2) is 0 Å². The van der Waals surface area contributed by atoms with Crippen molar-refractivity contribution >= 4 is 9.84 Å². The number of nitrogens with zero attached hydrogens (tertiary/aromatic N) is 1. The first-order valence-corrected chi connectivity index (χ1v) is 8.68. The molecule has 0 amide bonds. The molecule has 0 N–H and O–H groups in total. The van der Waals surface area contributed by atoms with Gasteiger partial charge in [0.25, 0.3) is 0 Å². The maximum atomic E-state index is 14.8. The number of alkyl halides is 2. The van der Waals surface area contributed by atoms with E-state index in [0.29, 0.717) is 13.1 Å². The van der Waals surface area contributed by atoms with E-state index in [9.17, 15) is 17.2 Å². The summed E-state index contributed by atoms with van der Waals surface area (Å²) in [7, 11) is -4.70. The van der Waals surface area contributed by atoms with Crippen LogP contribution >= 0.6 is 0 Å². The SMILES string of the molecule is CC(C)C(N1CCCC1)C(F)(F)S(=O)(=O)c1ccccc1. The van der Waals surface area contributed by atoms with E-state index in [1.54, 1.807) is 24.8 Å². The number of rotatable bonds is 5. The van der Waals surface area contributed by atoms with Crippen molar-refractivity contribution in [3.05, 3.63) is 30.3 Å². The van der Waals surface area contributed by atoms with Gasteiger partial charge in [0.1, 0.15) is 0 Å². The van der Waals surface area contributed by atoms with Crippen LogP contribution in [0.4, 0.5) is 8.78 Å². The lowest BCUT2D eigenvalue weighted by atomic mass is 10.0. The molecule has 1 aliphatic heterocycles. The second-order valence-electron chi connectivity index (χ2n) is 5.81. The second-order valence-corrected chi connectivity index (χ2v) is 7.83. The summed E-state index contributed by atoms with van der Waals surface area (Å²) in [4.78, 5) is 1.30. The first-order chi connectivity index (χ1) is 9.78. The van der Waals surface area contributed by atoms with Gasteiger partial charge in [-0.25, -0.2) is 8.42 Å². The van der Waals surface area contributed by atoms with Crippen LogP contribution in [0.25, 0.3) is 0 Å². The second kappa shape index (κ2) is 6.01. The fourth-order valence-corrected chi connectivity index (χ4v) is 4.53. The maximum Gasteiger partial charge on any atom is 0.365 e. The lowest BCUT2D eigenvalue weighted by Gasteiger charge is -2.36. The average molecular weight is 317 g/mol. The maximum absolute atomic E-state index is 14.8. The molecule has 21 heavy (non-hydrogen) atoms. The predicted octanol–water partition coefficient (Wildman–Crippen LogP) is 3.17. The summed E-state index contributed by atoms with van der Waals surface area (Å²) in [5, 5.41) is -3.80. The van der Waals surface area contributed by atoms with Crippen molar-refractivity contribution in [1.29, 1.82) is 0 Å². The van der Waals surface area contributed by atoms with Crippen LogP contribution in [0.5, 0.6) is 0 Å². The molecular formula is C15H21F2NO2S. The molecule has 118 valence electrons. The largest absolute Gasteiger partial charge is 0.365 e. The summed E-state index contributed by atoms with van der Waals surface area (Å²) in [6.07, 6.45) is 1.68. The standard InChI is InChI=1S/C15H21F2NO2S/c1-12(2)14(18-10-6-7-11-18)15(16,17)21(19,20)13-8-4-3-5-9-13/h3-5,8-9,12,14H,6-7,10-11H2,1-2H3. The predicted molar refractivity (Wildman–Crippen MR) is 78.0 cm³/mol. The Hall–Kier alpha value is -1.01. The summed E-state index contributed by atoms with van der Waals surface area (Å²) in [5.41, 5.74) is 0. The zero-order valence-corrected chi connectivity index (χ0v) is 13.1. The molecule has 1 heterocycles. The Balaban J connectivity index is 2.42. The molecule has 0 spiro atoms. The van der Waals surface area contributed by atoms with Crippen molar-refractivity contribution in [2.24, 2.45) is 5.92 Å². The van der Waals surface area contributed by atoms with Crippen LogP contribution in [-0.2, 0) is 9.84 Å². The van der Waals surface area contributed by atoms with E-state index in [4.69, 9.17) is 0 Å². The van der Waals surface area contributed by atoms with Gasteiger partial charge in [-0.05, 0) is 44.0 Å². The van der Waals surface area contributed by atoms with Gasteiger partial charge in [0.05, 0.1) is 10.9 Å². The quantitative estimate of drug-likeness (QED) is 0.837. The first-order valence-electron chi connectivity index (χ1n) is 7.20. The summed E-state index contributed by atoms with van der Waals surface area (Å²) in [6, 6.07) is 5.70. The molecule has 0 bridgehead atoms. The van der Waals surface area contributed by atoms with Gasteiger partial charge in [-0.3, -0.25) is 4.90 Å². The Morgan fingerprint density at radius 1 is 1.10 bits per heavy atom. The van der Waals surface area contributed by atoms with Gasteiger partial charge in [-0.2, -0.15) is 8.78 Å². The minimum absolute atomic E-state index is 0.320. The van der Waals surface area contributed by atoms with Crippen molar-refractivity contribution in [3.63, 3.8) is 0 Å². The van der Waals surface area contributed by atoms with Crippen molar-refractivity contribution < 1.29 is 17.2 Å². The fraction of sp³-hybridized carbons (Fsp3) is 0.600. The topological polar surface area (TPSA) is 37.4 Å². The first kappa shape index (κ1) is 16.4. The molecule has 0 saturated carbocycles. The van der Waals surface area contributed by atoms with Crippen molar-refractivity contribution in [3.8, 4) is 0 Å². The molecule has 6 heteroatoms. The Morgan fingerprint density at radius 3 is 2.10 bits per heavy atom. The van der Waals surface area contributed by atoms with Crippen LogP contribution in [0.15, 0.2) is 35.2 Å². The molecule has 1 aliphatic rings. The summed E-state index contributed by atoms with van der Waals surface area (Å²) >= 11 is 0. The van der Waals surface area contributed by atoms with Crippen LogP contribution in [0.3, 0.4) is 0 Å². The Kier molecular flexibility index (Phi) is 4.68. The highest BCUT2D eigenvalue weighted by molar-refractivity contribution is 7.92. The van der Waals surface area contributed by atoms with Crippen LogP contribution in [0.2, 0.25) is 0 Å². The van der Waals surface area contributed by atoms with Crippen LogP contribution in [0.1, 0.15) is 26.7 Å². The number of halogens is 2. The number of benzene rings is 1. The zero-order chi connectivity index (χ0) is 15.7. The molecule has 1 atom stereocenters. The third-order valence-electron chi connectivity index (χ3n) is 3.92. The summed E-state index contributed by atoms with van der Waals surface area (Å²) in [6.45, 7) is 4.36. The van der Waals surface area contributed by atoms with Gasteiger partial charge < -0.3 is 0 Å². The van der Waals surface area contributed by atoms with E-state index in [1.807, 2.05) is 0 Å². The smallest absolute Gasteiger partial charge is 0.294 e. The third kappa shape index (κ3) is 2.97. The molecule has 3 nitrogen and oxygen atoms in total. The normalized spacial score (nSPS) is 19.1. The van der Waals surface area contributed by atoms with Gasteiger partial charge in [0.2, 0.25) is 9.84 Å². The zero-order valence-electron chi connectivity index (χ0n) is 12.3. The average Bonchev–Trinajstić information content (AvgIpc) is 2.92. The number of hydrogen-bond donors (Lipinski definition) is 0. The van der Waals surface area contributed by atoms with Gasteiger partial charge in [-0.1, -0.05) is 32.0 Å². The molecule has 0 radical (unpaired) electrons. The monoisotopic (exact) mass is 317 g/mol. The number of sulfone groups is 1. The number of likely N-dealkylation sites (tertiary alicyclic amines) is 1. The fourth-order valence-electron chi connectivity index (χ4n) is 2.96. The van der Waals surface area contributed by atoms with Gasteiger partial charge in [-0.15, -0.1) is 0 Å². The van der Waals surface area contributed by atoms with E-state index in [-0.39, 0.29) is 4.90 Å². The Morgan fingerprint density at radius 2 is 1.62 bits per heavy atom. The van der Waals surface area contributed by atoms with E-state index in [0.717, 1.165) is 12.8 Å². The molecule has 1 aromatic rings. The molecule has 1 aromatic carbocycles. The highest BCUT2D eigenvalue weighted by atomic mass is 32.2. The van der Waals surface area contributed by atoms with E-state index in [1.165, 1.54) is 24.3 Å². The Bertz CT molecular complexity index is 567. The summed E-state index contributed by atoms with van der Waals surface area (Å²) in [5.74, 6) is -0.448. The molecule has 0 aromatic heterocycles. The van der Waals surface area contributed by atoms with Gasteiger partial charge >= 0.3 is 5.25 Å². The summed E-state index contributed by atoms with van der Waals surface area (Å²) < 4.78 is 54.4. The molecule has 1 saturated heterocycles. The van der Waals surface area contributed by atoms with Gasteiger partial charge in [0, 0.05) is 0 Å². The van der Waals surface area contributed by atoms with E-state index >= 15 is 0 Å². The molecule has 2 rings (SSSR count). The molecular weight excluding hydrogens is 296 g/mol. The van der Waals surface area contributed by atoms with E-state index < -0.39 is 27.1 Å². The molecule has 0 aliphatic carbocycles. The minimum atomic E-state index is -4.70. The van der Waals surface area contributed by atoms with Crippen LogP contribution < -0.4 is 0 Å². The van der Waals surface area contributed by atoms with Crippen molar-refractivity contribution in [1.82, 2.24) is 4.90 Å². The minimum Gasteiger partial charge on any atom is -0.294 e. The van der Waals surface area contributed by atoms with Crippen molar-refractivity contribution in [2.45, 2.75) is 42.9 Å². The van der Waals surface area contributed by atoms with Crippen LogP contribution in [0, 0.1) is 5.92 Å². The molecule has 1 unspecified atom stereocenters. The molecule has 1 fully saturated rings. The van der Waals surface area contributed by atoms with Crippen molar-refractivity contribution in [2.75, 3.05) is 13.1 Å². The highest BCUT2D eigenvalue weighted by Crippen LogP contribution is 2.39. The van der Waals surface area contributed by atoms with Crippen LogP contribution in [-0.4, -0.2) is 37.7 Å². The lowest BCUT2D eigenvalue weighted by Crippen LogP contribution is -2.53. The lowest BCUT2D eigenvalue weighted by molar-refractivity contribution is -0.0255. The van der Waals surface area contributed by atoms with E-state index in [2.05, 4.69) is 0 Å². The highest BCUT2D eigenvalue weighted by Gasteiger charge is 2.56. The number of hydrogen-bond acceptors (Lipinski definition) is 3. The Labute approximate surface area is 124 Å².